The molecule has 0 bridgehead atoms. The van der Waals surface area contributed by atoms with Gasteiger partial charge in [-0.3, -0.25) is 4.79 Å². The topological polar surface area (TPSA) is 29.1 Å². The first-order chi connectivity index (χ1) is 7.84. The molecule has 2 heteroatoms. The van der Waals surface area contributed by atoms with Crippen LogP contribution < -0.4 is 5.32 Å². The number of carbonyl (C=O) groups excluding carboxylic acids is 1. The Morgan fingerprint density at radius 2 is 1.71 bits per heavy atom. The lowest BCUT2D eigenvalue weighted by Crippen LogP contribution is -2.23. The minimum atomic E-state index is 0.109. The Morgan fingerprint density at radius 1 is 1.12 bits per heavy atom. The first kappa shape index (κ1) is 16.4. The van der Waals surface area contributed by atoms with Crippen molar-refractivity contribution in [2.75, 3.05) is 6.54 Å². The molecule has 0 aliphatic rings. The van der Waals surface area contributed by atoms with Gasteiger partial charge in [0.1, 0.15) is 0 Å². The molecule has 1 N–H and O–H groups in total. The lowest BCUT2D eigenvalue weighted by molar-refractivity contribution is -0.118. The molecule has 0 heterocycles. The van der Waals surface area contributed by atoms with Crippen molar-refractivity contribution in [1.29, 1.82) is 0 Å². The Labute approximate surface area is 107 Å². The zero-order valence-electron chi connectivity index (χ0n) is 12.3. The van der Waals surface area contributed by atoms with Gasteiger partial charge in [0.2, 0.25) is 0 Å². The summed E-state index contributed by atoms with van der Waals surface area (Å²) in [6, 6.07) is 0.512. The molecule has 0 aromatic carbocycles. The third kappa shape index (κ3) is 8.14. The van der Waals surface area contributed by atoms with E-state index >= 15 is 0 Å². The summed E-state index contributed by atoms with van der Waals surface area (Å²) in [7, 11) is 0. The molecule has 2 nitrogen and oxygen atoms in total. The molecule has 0 atom stereocenters. The maximum absolute atomic E-state index is 12.0. The van der Waals surface area contributed by atoms with Gasteiger partial charge < -0.3 is 5.32 Å². The summed E-state index contributed by atoms with van der Waals surface area (Å²) in [5.74, 6) is 0.961. The standard InChI is InChI=1S/C15H29NO/c1-11(2)10-14(15(17)12(3)4)8-7-9-16-13(5)6/h8,11-13,16H,7,9-10H2,1-6H3/b14-8+. The molecule has 0 aliphatic heterocycles. The fourth-order valence-electron chi connectivity index (χ4n) is 1.71. The molecule has 0 amide bonds. The molecule has 0 aromatic heterocycles. The summed E-state index contributed by atoms with van der Waals surface area (Å²) in [5, 5.41) is 3.37. The SMILES string of the molecule is CC(C)C/C(=C\CCNC(C)C)C(=O)C(C)C. The third-order valence-electron chi connectivity index (χ3n) is 2.56. The fourth-order valence-corrected chi connectivity index (χ4v) is 1.71. The molecule has 0 unspecified atom stereocenters. The highest BCUT2D eigenvalue weighted by Gasteiger charge is 2.14. The number of hydrogen-bond acceptors (Lipinski definition) is 2. The highest BCUT2D eigenvalue weighted by Crippen LogP contribution is 2.16. The van der Waals surface area contributed by atoms with Gasteiger partial charge in [-0.25, -0.2) is 0 Å². The van der Waals surface area contributed by atoms with E-state index in [1.54, 1.807) is 0 Å². The van der Waals surface area contributed by atoms with Crippen LogP contribution in [-0.4, -0.2) is 18.4 Å². The van der Waals surface area contributed by atoms with Crippen LogP contribution >= 0.6 is 0 Å². The van der Waals surface area contributed by atoms with E-state index in [-0.39, 0.29) is 5.92 Å². The van der Waals surface area contributed by atoms with Crippen LogP contribution in [0.25, 0.3) is 0 Å². The number of Topliss-reactive ketones (excluding diaryl/α,β-unsaturated/α-hetero) is 1. The van der Waals surface area contributed by atoms with Gasteiger partial charge in [-0.05, 0) is 30.9 Å². The van der Waals surface area contributed by atoms with E-state index in [1.165, 1.54) is 0 Å². The maximum atomic E-state index is 12.0. The van der Waals surface area contributed by atoms with Crippen LogP contribution in [0.2, 0.25) is 0 Å². The highest BCUT2D eigenvalue weighted by atomic mass is 16.1. The van der Waals surface area contributed by atoms with Gasteiger partial charge in [0.15, 0.2) is 5.78 Å². The van der Waals surface area contributed by atoms with Gasteiger partial charge >= 0.3 is 0 Å². The molecule has 0 aliphatic carbocycles. The van der Waals surface area contributed by atoms with Crippen molar-refractivity contribution in [3.63, 3.8) is 0 Å². The first-order valence-corrected chi connectivity index (χ1v) is 6.81. The largest absolute Gasteiger partial charge is 0.314 e. The normalized spacial score (nSPS) is 12.9. The van der Waals surface area contributed by atoms with Crippen LogP contribution in [0.15, 0.2) is 11.6 Å². The minimum absolute atomic E-state index is 0.109. The Kier molecular flexibility index (Phi) is 8.15. The summed E-state index contributed by atoms with van der Waals surface area (Å²) < 4.78 is 0. The van der Waals surface area contributed by atoms with Gasteiger partial charge in [0.25, 0.3) is 0 Å². The molecule has 0 saturated carbocycles. The fraction of sp³-hybridized carbons (Fsp3) is 0.800. The van der Waals surface area contributed by atoms with Crippen molar-refractivity contribution in [1.82, 2.24) is 5.32 Å². The lowest BCUT2D eigenvalue weighted by Gasteiger charge is -2.12. The van der Waals surface area contributed by atoms with Crippen molar-refractivity contribution in [3.05, 3.63) is 11.6 Å². The Morgan fingerprint density at radius 3 is 2.12 bits per heavy atom. The zero-order chi connectivity index (χ0) is 13.4. The third-order valence-corrected chi connectivity index (χ3v) is 2.56. The summed E-state index contributed by atoms with van der Waals surface area (Å²) in [6.07, 6.45) is 3.97. The Balaban J connectivity index is 4.36. The van der Waals surface area contributed by atoms with Crippen LogP contribution in [0, 0.1) is 11.8 Å². The summed E-state index contributed by atoms with van der Waals surface area (Å²) in [6.45, 7) is 13.5. The molecule has 0 radical (unpaired) electrons. The number of ketones is 1. The van der Waals surface area contributed by atoms with Crippen molar-refractivity contribution < 1.29 is 4.79 Å². The predicted molar refractivity (Wildman–Crippen MR) is 75.1 cm³/mol. The van der Waals surface area contributed by atoms with Crippen molar-refractivity contribution in [2.45, 2.75) is 60.4 Å². The minimum Gasteiger partial charge on any atom is -0.314 e. The summed E-state index contributed by atoms with van der Waals surface area (Å²) >= 11 is 0. The summed E-state index contributed by atoms with van der Waals surface area (Å²) in [5.41, 5.74) is 1.01. The van der Waals surface area contributed by atoms with E-state index in [4.69, 9.17) is 0 Å². The molecular formula is C15H29NO. The monoisotopic (exact) mass is 239 g/mol. The molecule has 0 rings (SSSR count). The molecule has 100 valence electrons. The van der Waals surface area contributed by atoms with Crippen LogP contribution in [0.3, 0.4) is 0 Å². The Bertz CT molecular complexity index is 252. The predicted octanol–water partition coefficient (Wildman–Crippen LogP) is 3.57. The molecule has 17 heavy (non-hydrogen) atoms. The number of carbonyl (C=O) groups is 1. The molecular weight excluding hydrogens is 210 g/mol. The van der Waals surface area contributed by atoms with Crippen LogP contribution in [-0.2, 0) is 4.79 Å². The van der Waals surface area contributed by atoms with Crippen molar-refractivity contribution in [3.8, 4) is 0 Å². The molecule has 0 spiro atoms. The maximum Gasteiger partial charge on any atom is 0.161 e. The smallest absolute Gasteiger partial charge is 0.161 e. The summed E-state index contributed by atoms with van der Waals surface area (Å²) in [4.78, 5) is 12.0. The number of rotatable bonds is 8. The zero-order valence-corrected chi connectivity index (χ0v) is 12.3. The van der Waals surface area contributed by atoms with Gasteiger partial charge in [-0.2, -0.15) is 0 Å². The van der Waals surface area contributed by atoms with E-state index in [1.807, 2.05) is 13.8 Å². The van der Waals surface area contributed by atoms with Crippen molar-refractivity contribution >= 4 is 5.78 Å². The van der Waals surface area contributed by atoms with Gasteiger partial charge in [0.05, 0.1) is 0 Å². The average Bonchev–Trinajstić information content (AvgIpc) is 2.20. The second-order valence-electron chi connectivity index (χ2n) is 5.74. The molecule has 0 fully saturated rings. The van der Waals surface area contributed by atoms with E-state index in [0.717, 1.165) is 25.0 Å². The second kappa shape index (κ2) is 8.46. The van der Waals surface area contributed by atoms with Gasteiger partial charge in [-0.15, -0.1) is 0 Å². The average molecular weight is 239 g/mol. The van der Waals surface area contributed by atoms with E-state index in [0.29, 0.717) is 17.7 Å². The van der Waals surface area contributed by atoms with Crippen LogP contribution in [0.5, 0.6) is 0 Å². The van der Waals surface area contributed by atoms with E-state index in [9.17, 15) is 4.79 Å². The molecule has 0 aromatic rings. The lowest BCUT2D eigenvalue weighted by atomic mass is 9.93. The van der Waals surface area contributed by atoms with Crippen LogP contribution in [0.4, 0.5) is 0 Å². The number of hydrogen-bond donors (Lipinski definition) is 1. The van der Waals surface area contributed by atoms with Crippen LogP contribution in [0.1, 0.15) is 54.4 Å². The quantitative estimate of drug-likeness (QED) is 0.518. The number of allylic oxidation sites excluding steroid dienone is 1. The first-order valence-electron chi connectivity index (χ1n) is 6.81. The van der Waals surface area contributed by atoms with Crippen molar-refractivity contribution in [2.24, 2.45) is 11.8 Å². The van der Waals surface area contributed by atoms with Gasteiger partial charge in [0, 0.05) is 12.0 Å². The van der Waals surface area contributed by atoms with Gasteiger partial charge in [-0.1, -0.05) is 47.6 Å². The highest BCUT2D eigenvalue weighted by molar-refractivity contribution is 5.96. The number of nitrogens with one attached hydrogen (secondary N) is 1. The molecule has 0 saturated heterocycles. The second-order valence-corrected chi connectivity index (χ2v) is 5.74. The van der Waals surface area contributed by atoms with E-state index in [2.05, 4.69) is 39.1 Å². The van der Waals surface area contributed by atoms with E-state index < -0.39 is 0 Å². The Hall–Kier alpha value is -0.630.